The predicted octanol–water partition coefficient (Wildman–Crippen LogP) is 4.18. The highest BCUT2D eigenvalue weighted by atomic mass is 18.2. The maximum Gasteiger partial charge on any atom is 0.243 e. The molecule has 0 atom stereocenters. The first-order chi connectivity index (χ1) is 14.6. The lowest BCUT2D eigenvalue weighted by molar-refractivity contribution is -0.116. The van der Waals surface area contributed by atoms with Crippen molar-refractivity contribution >= 4 is 11.6 Å². The molecular weight excluding hydrogens is 388 g/mol. The van der Waals surface area contributed by atoms with Crippen LogP contribution in [0.1, 0.15) is 12.5 Å². The summed E-state index contributed by atoms with van der Waals surface area (Å²) in [5, 5.41) is 0. The van der Waals surface area contributed by atoms with Crippen LogP contribution in [0.5, 0.6) is 23.1 Å². The van der Waals surface area contributed by atoms with Gasteiger partial charge in [0.25, 0.3) is 0 Å². The highest BCUT2D eigenvalue weighted by molar-refractivity contribution is 5.92. The number of hydrogen-bond donors (Lipinski definition) is 0. The number of carbonyl (C=O) groups is 1. The van der Waals surface area contributed by atoms with Gasteiger partial charge in [0.1, 0.15) is 36.2 Å². The molecule has 7 nitrogen and oxygen atoms in total. The number of anilines is 1. The zero-order valence-corrected chi connectivity index (χ0v) is 16.7. The molecule has 0 radical (unpaired) electrons. The minimum absolute atomic E-state index is 0.0807. The van der Waals surface area contributed by atoms with Crippen molar-refractivity contribution in [1.82, 2.24) is 9.97 Å². The second-order valence-electron chi connectivity index (χ2n) is 6.23. The average Bonchev–Trinajstić information content (AvgIpc) is 2.77. The Bertz CT molecular complexity index is 985. The first kappa shape index (κ1) is 21.0. The van der Waals surface area contributed by atoms with Crippen molar-refractivity contribution in [3.8, 4) is 23.1 Å². The molecular formula is C22H22FN3O4. The number of halogens is 1. The summed E-state index contributed by atoms with van der Waals surface area (Å²) in [7, 11) is 1.55. The maximum absolute atomic E-state index is 12.6. The third kappa shape index (κ3) is 5.22. The van der Waals surface area contributed by atoms with Gasteiger partial charge in [-0.15, -0.1) is 0 Å². The van der Waals surface area contributed by atoms with Crippen LogP contribution in [0.15, 0.2) is 61.1 Å². The number of amides is 1. The Morgan fingerprint density at radius 1 is 1.10 bits per heavy atom. The minimum Gasteiger partial charge on any atom is -0.497 e. The molecule has 0 saturated carbocycles. The van der Waals surface area contributed by atoms with Crippen LogP contribution in [0.3, 0.4) is 0 Å². The van der Waals surface area contributed by atoms with Gasteiger partial charge in [-0.1, -0.05) is 0 Å². The molecule has 2 aromatic heterocycles. The van der Waals surface area contributed by atoms with E-state index in [1.165, 1.54) is 11.8 Å². The fourth-order valence-electron chi connectivity index (χ4n) is 2.82. The van der Waals surface area contributed by atoms with E-state index < -0.39 is 6.67 Å². The highest BCUT2D eigenvalue weighted by Gasteiger charge is 2.20. The van der Waals surface area contributed by atoms with Gasteiger partial charge in [0.2, 0.25) is 11.8 Å². The van der Waals surface area contributed by atoms with Gasteiger partial charge in [0.05, 0.1) is 13.7 Å². The summed E-state index contributed by atoms with van der Waals surface area (Å²) in [5.41, 5.74) is 1.15. The van der Waals surface area contributed by atoms with Crippen LogP contribution < -0.4 is 19.1 Å². The van der Waals surface area contributed by atoms with E-state index in [0.29, 0.717) is 28.5 Å². The van der Waals surface area contributed by atoms with Gasteiger partial charge in [0, 0.05) is 31.1 Å². The Balaban J connectivity index is 1.95. The molecule has 0 aliphatic heterocycles. The van der Waals surface area contributed by atoms with Crippen molar-refractivity contribution in [3.05, 3.63) is 66.6 Å². The van der Waals surface area contributed by atoms with Crippen LogP contribution in [0.4, 0.5) is 10.1 Å². The third-order valence-corrected chi connectivity index (χ3v) is 4.22. The van der Waals surface area contributed by atoms with Gasteiger partial charge >= 0.3 is 0 Å². The van der Waals surface area contributed by atoms with E-state index >= 15 is 0 Å². The van der Waals surface area contributed by atoms with E-state index in [1.807, 2.05) is 0 Å². The lowest BCUT2D eigenvalue weighted by Crippen LogP contribution is -2.28. The van der Waals surface area contributed by atoms with Gasteiger partial charge in [0.15, 0.2) is 0 Å². The molecule has 0 fully saturated rings. The summed E-state index contributed by atoms with van der Waals surface area (Å²) < 4.78 is 29.3. The van der Waals surface area contributed by atoms with Crippen LogP contribution in [0.25, 0.3) is 0 Å². The molecule has 2 heterocycles. The number of hydrogen-bond acceptors (Lipinski definition) is 6. The fraction of sp³-hybridized carbons (Fsp3) is 0.227. The molecule has 0 N–H and O–H groups in total. The second-order valence-corrected chi connectivity index (χ2v) is 6.23. The molecule has 3 aromatic rings. The van der Waals surface area contributed by atoms with Crippen LogP contribution in [-0.2, 0) is 11.3 Å². The highest BCUT2D eigenvalue weighted by Crippen LogP contribution is 2.33. The summed E-state index contributed by atoms with van der Waals surface area (Å²) in [6.45, 7) is 0.912. The van der Waals surface area contributed by atoms with Crippen molar-refractivity contribution in [1.29, 1.82) is 0 Å². The van der Waals surface area contributed by atoms with Gasteiger partial charge in [-0.2, -0.15) is 0 Å². The lowest BCUT2D eigenvalue weighted by atomic mass is 10.1. The molecule has 3 rings (SSSR count). The topological polar surface area (TPSA) is 73.8 Å². The van der Waals surface area contributed by atoms with Gasteiger partial charge in [-0.25, -0.2) is 9.37 Å². The molecule has 0 saturated heterocycles. The largest absolute Gasteiger partial charge is 0.497 e. The van der Waals surface area contributed by atoms with Crippen molar-refractivity contribution in [2.75, 3.05) is 25.3 Å². The molecule has 0 aliphatic rings. The molecule has 0 unspecified atom stereocenters. The van der Waals surface area contributed by atoms with Crippen LogP contribution >= 0.6 is 0 Å². The monoisotopic (exact) mass is 410 g/mol. The van der Waals surface area contributed by atoms with E-state index in [0.717, 1.165) is 0 Å². The molecule has 30 heavy (non-hydrogen) atoms. The maximum atomic E-state index is 12.6. The number of aromatic nitrogens is 2. The number of ether oxygens (including phenoxy) is 3. The van der Waals surface area contributed by atoms with E-state index in [1.54, 1.807) is 68.2 Å². The van der Waals surface area contributed by atoms with E-state index in [2.05, 4.69) is 9.97 Å². The van der Waals surface area contributed by atoms with E-state index in [9.17, 15) is 9.18 Å². The van der Waals surface area contributed by atoms with Crippen molar-refractivity contribution in [3.63, 3.8) is 0 Å². The Morgan fingerprint density at radius 3 is 2.60 bits per heavy atom. The number of alkyl halides is 1. The van der Waals surface area contributed by atoms with Gasteiger partial charge in [-0.3, -0.25) is 9.78 Å². The Hall–Kier alpha value is -3.68. The number of benzene rings is 1. The van der Waals surface area contributed by atoms with Crippen molar-refractivity contribution in [2.45, 2.75) is 13.5 Å². The van der Waals surface area contributed by atoms with Gasteiger partial charge in [-0.05, 0) is 42.5 Å². The molecule has 0 bridgehead atoms. The molecule has 1 aromatic carbocycles. The van der Waals surface area contributed by atoms with Crippen LogP contribution in [0.2, 0.25) is 0 Å². The number of nitrogens with zero attached hydrogens (tertiary/aromatic N) is 3. The van der Waals surface area contributed by atoms with Crippen molar-refractivity contribution in [2.24, 2.45) is 0 Å². The normalized spacial score (nSPS) is 10.4. The molecule has 0 aliphatic carbocycles. The number of carbonyl (C=O) groups excluding carboxylic acids is 1. The Labute approximate surface area is 174 Å². The van der Waals surface area contributed by atoms with Crippen molar-refractivity contribution < 1.29 is 23.4 Å². The Morgan fingerprint density at radius 2 is 1.90 bits per heavy atom. The molecule has 8 heteroatoms. The molecule has 156 valence electrons. The lowest BCUT2D eigenvalue weighted by Gasteiger charge is -2.24. The van der Waals surface area contributed by atoms with Gasteiger partial charge < -0.3 is 19.1 Å². The Kier molecular flexibility index (Phi) is 7.15. The molecule has 1 amide bonds. The first-order valence-electron chi connectivity index (χ1n) is 9.29. The first-order valence-corrected chi connectivity index (χ1v) is 9.29. The number of rotatable bonds is 9. The quantitative estimate of drug-likeness (QED) is 0.527. The van der Waals surface area contributed by atoms with E-state index in [4.69, 9.17) is 14.2 Å². The molecule has 0 spiro atoms. The zero-order chi connectivity index (χ0) is 21.3. The summed E-state index contributed by atoms with van der Waals surface area (Å²) in [6.07, 6.45) is 4.79. The summed E-state index contributed by atoms with van der Waals surface area (Å²) in [4.78, 5) is 22.3. The number of methoxy groups -OCH3 is 1. The minimum atomic E-state index is -0.617. The SMILES string of the molecule is COc1ccc(OCC[18F])c(CN(C(C)=O)c2cccnc2Oc2ccncc2)c1. The van der Waals surface area contributed by atoms with Crippen LogP contribution in [-0.4, -0.2) is 36.3 Å². The average molecular weight is 410 g/mol. The zero-order valence-electron chi connectivity index (χ0n) is 16.7. The standard InChI is InChI=1S/C22H22FN3O4/c1-16(27)26(15-17-14-19(28-2)5-6-21(17)29-13-9-23)20-4-3-10-25-22(20)30-18-7-11-24-12-8-18/h3-8,10-12,14H,9,13,15H2,1-2H3/i23-1. The summed E-state index contributed by atoms with van der Waals surface area (Å²) >= 11 is 0. The predicted molar refractivity (Wildman–Crippen MR) is 110 cm³/mol. The smallest absolute Gasteiger partial charge is 0.243 e. The van der Waals surface area contributed by atoms with Crippen LogP contribution in [0, 0.1) is 0 Å². The third-order valence-electron chi connectivity index (χ3n) is 4.22. The fourth-order valence-corrected chi connectivity index (χ4v) is 2.82. The second kappa shape index (κ2) is 10.2. The summed E-state index contributed by atoms with van der Waals surface area (Å²) in [6, 6.07) is 12.0. The number of pyridine rings is 2. The summed E-state index contributed by atoms with van der Waals surface area (Å²) in [5.74, 6) is 1.66. The van der Waals surface area contributed by atoms with E-state index in [-0.39, 0.29) is 24.9 Å².